The maximum absolute atomic E-state index is 5.99. The Balaban J connectivity index is 2.26. The highest BCUT2D eigenvalue weighted by Gasteiger charge is 2.10. The van der Waals surface area contributed by atoms with Crippen molar-refractivity contribution in [3.05, 3.63) is 59.7 Å². The van der Waals surface area contributed by atoms with Crippen LogP contribution in [0.2, 0.25) is 0 Å². The van der Waals surface area contributed by atoms with E-state index in [1.165, 1.54) is 5.69 Å². The molecule has 0 fully saturated rings. The van der Waals surface area contributed by atoms with Gasteiger partial charge in [0, 0.05) is 30.9 Å². The van der Waals surface area contributed by atoms with Gasteiger partial charge in [-0.05, 0) is 43.7 Å². The predicted octanol–water partition coefficient (Wildman–Crippen LogP) is 3.74. The molecule has 0 aromatic heterocycles. The van der Waals surface area contributed by atoms with E-state index in [1.807, 2.05) is 44.2 Å². The summed E-state index contributed by atoms with van der Waals surface area (Å²) in [6, 6.07) is 16.6. The van der Waals surface area contributed by atoms with E-state index in [1.54, 1.807) is 0 Å². The van der Waals surface area contributed by atoms with E-state index in [4.69, 9.17) is 10.5 Å². The number of nitrogens with zero attached hydrogens (tertiary/aromatic N) is 1. The summed E-state index contributed by atoms with van der Waals surface area (Å²) < 4.78 is 5.74. The number of benzene rings is 2. The zero-order valence-electron chi connectivity index (χ0n) is 13.0. The molecular formula is C18H24N2O. The second-order valence-electron chi connectivity index (χ2n) is 5.28. The first-order valence-electron chi connectivity index (χ1n) is 7.39. The van der Waals surface area contributed by atoms with Gasteiger partial charge in [0.1, 0.15) is 5.75 Å². The lowest BCUT2D eigenvalue weighted by atomic mass is 10.0. The Kier molecular flexibility index (Phi) is 5.23. The van der Waals surface area contributed by atoms with E-state index in [2.05, 4.69) is 30.1 Å². The lowest BCUT2D eigenvalue weighted by molar-refractivity contribution is 0.336. The molecule has 1 unspecified atom stereocenters. The molecule has 0 radical (unpaired) electrons. The zero-order valence-corrected chi connectivity index (χ0v) is 13.0. The van der Waals surface area contributed by atoms with Crippen molar-refractivity contribution in [1.82, 2.24) is 0 Å². The van der Waals surface area contributed by atoms with Gasteiger partial charge >= 0.3 is 0 Å². The minimum Gasteiger partial charge on any atom is -0.494 e. The van der Waals surface area contributed by atoms with Gasteiger partial charge in [-0.25, -0.2) is 0 Å². The van der Waals surface area contributed by atoms with Crippen molar-refractivity contribution in [2.45, 2.75) is 26.4 Å². The van der Waals surface area contributed by atoms with Gasteiger partial charge in [-0.2, -0.15) is 0 Å². The number of ether oxygens (including phenoxy) is 1. The summed E-state index contributed by atoms with van der Waals surface area (Å²) in [6.07, 6.45) is 0. The number of rotatable bonds is 6. The van der Waals surface area contributed by atoms with Crippen LogP contribution in [-0.4, -0.2) is 13.7 Å². The van der Waals surface area contributed by atoms with E-state index >= 15 is 0 Å². The van der Waals surface area contributed by atoms with Crippen LogP contribution in [0.1, 0.15) is 31.0 Å². The number of para-hydroxylation sites is 1. The quantitative estimate of drug-likeness (QED) is 0.878. The standard InChI is InChI=1S/C18H24N2O/c1-4-21-18-11-10-15(14(2)19)12-16(18)13-20(3)17-8-6-5-7-9-17/h5-12,14H,4,13,19H2,1-3H3. The Labute approximate surface area is 127 Å². The molecule has 0 saturated carbocycles. The van der Waals surface area contributed by atoms with Crippen LogP contribution in [0.25, 0.3) is 0 Å². The molecule has 2 N–H and O–H groups in total. The van der Waals surface area contributed by atoms with E-state index in [0.29, 0.717) is 6.61 Å². The number of nitrogens with two attached hydrogens (primary N) is 1. The van der Waals surface area contributed by atoms with Crippen LogP contribution in [0.5, 0.6) is 5.75 Å². The average molecular weight is 284 g/mol. The largest absolute Gasteiger partial charge is 0.494 e. The normalized spacial score (nSPS) is 12.0. The molecule has 2 aromatic carbocycles. The Morgan fingerprint density at radius 3 is 2.48 bits per heavy atom. The van der Waals surface area contributed by atoms with E-state index in [9.17, 15) is 0 Å². The maximum atomic E-state index is 5.99. The summed E-state index contributed by atoms with van der Waals surface area (Å²) in [5.41, 5.74) is 9.48. The fourth-order valence-corrected chi connectivity index (χ4v) is 2.33. The molecule has 0 aliphatic carbocycles. The Morgan fingerprint density at radius 1 is 1.14 bits per heavy atom. The predicted molar refractivity (Wildman–Crippen MR) is 88.8 cm³/mol. The number of hydrogen-bond donors (Lipinski definition) is 1. The van der Waals surface area contributed by atoms with Gasteiger partial charge < -0.3 is 15.4 Å². The first-order chi connectivity index (χ1) is 10.1. The van der Waals surface area contributed by atoms with Crippen molar-refractivity contribution >= 4 is 5.69 Å². The summed E-state index contributed by atoms with van der Waals surface area (Å²) in [4.78, 5) is 2.21. The van der Waals surface area contributed by atoms with Gasteiger partial charge in [0.2, 0.25) is 0 Å². The minimum atomic E-state index is 0.0291. The summed E-state index contributed by atoms with van der Waals surface area (Å²) in [6.45, 7) is 5.46. The van der Waals surface area contributed by atoms with Crippen molar-refractivity contribution < 1.29 is 4.74 Å². The highest BCUT2D eigenvalue weighted by atomic mass is 16.5. The van der Waals surface area contributed by atoms with Crippen LogP contribution in [-0.2, 0) is 6.54 Å². The van der Waals surface area contributed by atoms with Gasteiger partial charge in [-0.15, -0.1) is 0 Å². The maximum Gasteiger partial charge on any atom is 0.124 e. The topological polar surface area (TPSA) is 38.5 Å². The summed E-state index contributed by atoms with van der Waals surface area (Å²) in [5, 5.41) is 0. The Hall–Kier alpha value is -2.00. The molecule has 21 heavy (non-hydrogen) atoms. The SMILES string of the molecule is CCOc1ccc(C(C)N)cc1CN(C)c1ccccc1. The van der Waals surface area contributed by atoms with E-state index in [-0.39, 0.29) is 6.04 Å². The van der Waals surface area contributed by atoms with Gasteiger partial charge in [-0.3, -0.25) is 0 Å². The molecule has 1 atom stereocenters. The van der Waals surface area contributed by atoms with Gasteiger partial charge in [0.15, 0.2) is 0 Å². The van der Waals surface area contributed by atoms with Crippen molar-refractivity contribution in [3.8, 4) is 5.75 Å². The third-order valence-electron chi connectivity index (χ3n) is 3.51. The van der Waals surface area contributed by atoms with E-state index < -0.39 is 0 Å². The molecule has 112 valence electrons. The Bertz CT molecular complexity index is 567. The second kappa shape index (κ2) is 7.14. The van der Waals surface area contributed by atoms with Crippen molar-refractivity contribution in [3.63, 3.8) is 0 Å². The molecule has 0 spiro atoms. The molecule has 2 rings (SSSR count). The average Bonchev–Trinajstić information content (AvgIpc) is 2.50. The number of hydrogen-bond acceptors (Lipinski definition) is 3. The van der Waals surface area contributed by atoms with Crippen LogP contribution < -0.4 is 15.4 Å². The molecule has 0 aliphatic heterocycles. The molecule has 0 saturated heterocycles. The van der Waals surface area contributed by atoms with Gasteiger partial charge in [0.25, 0.3) is 0 Å². The summed E-state index contributed by atoms with van der Waals surface area (Å²) in [7, 11) is 2.09. The molecule has 3 heteroatoms. The number of anilines is 1. The molecule has 0 amide bonds. The second-order valence-corrected chi connectivity index (χ2v) is 5.28. The lowest BCUT2D eigenvalue weighted by Crippen LogP contribution is -2.17. The van der Waals surface area contributed by atoms with Crippen LogP contribution >= 0.6 is 0 Å². The van der Waals surface area contributed by atoms with Gasteiger partial charge in [-0.1, -0.05) is 24.3 Å². The first-order valence-corrected chi connectivity index (χ1v) is 7.39. The molecular weight excluding hydrogens is 260 g/mol. The third-order valence-corrected chi connectivity index (χ3v) is 3.51. The fourth-order valence-electron chi connectivity index (χ4n) is 2.33. The zero-order chi connectivity index (χ0) is 15.2. The van der Waals surface area contributed by atoms with Crippen LogP contribution in [0.3, 0.4) is 0 Å². The molecule has 0 bridgehead atoms. The third kappa shape index (κ3) is 3.99. The van der Waals surface area contributed by atoms with Crippen LogP contribution in [0.4, 0.5) is 5.69 Å². The van der Waals surface area contributed by atoms with Crippen molar-refractivity contribution in [1.29, 1.82) is 0 Å². The van der Waals surface area contributed by atoms with Crippen LogP contribution in [0, 0.1) is 0 Å². The minimum absolute atomic E-state index is 0.0291. The van der Waals surface area contributed by atoms with Crippen LogP contribution in [0.15, 0.2) is 48.5 Å². The Morgan fingerprint density at radius 2 is 1.86 bits per heavy atom. The molecule has 0 heterocycles. The highest BCUT2D eigenvalue weighted by molar-refractivity contribution is 5.48. The van der Waals surface area contributed by atoms with Crippen molar-refractivity contribution in [2.75, 3.05) is 18.6 Å². The smallest absolute Gasteiger partial charge is 0.124 e. The van der Waals surface area contributed by atoms with E-state index in [0.717, 1.165) is 23.4 Å². The monoisotopic (exact) mass is 284 g/mol. The summed E-state index contributed by atoms with van der Waals surface area (Å²) in [5.74, 6) is 0.935. The molecule has 3 nitrogen and oxygen atoms in total. The lowest BCUT2D eigenvalue weighted by Gasteiger charge is -2.22. The first kappa shape index (κ1) is 15.4. The molecule has 0 aliphatic rings. The fraction of sp³-hybridized carbons (Fsp3) is 0.333. The highest BCUT2D eigenvalue weighted by Crippen LogP contribution is 2.25. The summed E-state index contributed by atoms with van der Waals surface area (Å²) >= 11 is 0. The molecule has 2 aromatic rings. The van der Waals surface area contributed by atoms with Gasteiger partial charge in [0.05, 0.1) is 6.61 Å². The van der Waals surface area contributed by atoms with Crippen molar-refractivity contribution in [2.24, 2.45) is 5.73 Å².